The first kappa shape index (κ1) is 15.9. The van der Waals surface area contributed by atoms with Crippen molar-refractivity contribution in [3.8, 4) is 0 Å². The summed E-state index contributed by atoms with van der Waals surface area (Å²) in [5, 5.41) is 3.69. The third-order valence-corrected chi connectivity index (χ3v) is 2.65. The molecule has 0 heterocycles. The van der Waals surface area contributed by atoms with E-state index in [1.54, 1.807) is 0 Å². The molecular weight excluding hydrogens is 198 g/mol. The summed E-state index contributed by atoms with van der Waals surface area (Å²) in [4.78, 5) is 0. The van der Waals surface area contributed by atoms with Crippen molar-refractivity contribution in [3.05, 3.63) is 0 Å². The van der Waals surface area contributed by atoms with Crippen molar-refractivity contribution in [2.24, 2.45) is 0 Å². The SMILES string of the molecule is CCC(C)(CCOC(C)(C)C)NC(C)(C)C. The Hall–Kier alpha value is -0.0800. The Labute approximate surface area is 102 Å². The number of nitrogens with one attached hydrogen (secondary N) is 1. The first-order valence-corrected chi connectivity index (χ1v) is 6.41. The van der Waals surface area contributed by atoms with E-state index in [0.29, 0.717) is 0 Å². The molecule has 1 atom stereocenters. The van der Waals surface area contributed by atoms with Gasteiger partial charge in [-0.3, -0.25) is 0 Å². The van der Waals surface area contributed by atoms with Crippen molar-refractivity contribution < 1.29 is 4.74 Å². The van der Waals surface area contributed by atoms with Crippen LogP contribution >= 0.6 is 0 Å². The maximum absolute atomic E-state index is 5.80. The summed E-state index contributed by atoms with van der Waals surface area (Å²) in [5.41, 5.74) is 0.298. The third-order valence-electron chi connectivity index (χ3n) is 2.65. The van der Waals surface area contributed by atoms with E-state index in [9.17, 15) is 0 Å². The van der Waals surface area contributed by atoms with Gasteiger partial charge in [-0.05, 0) is 61.3 Å². The van der Waals surface area contributed by atoms with E-state index in [-0.39, 0.29) is 16.7 Å². The fraction of sp³-hybridized carbons (Fsp3) is 1.00. The molecule has 0 amide bonds. The molecule has 0 bridgehead atoms. The van der Waals surface area contributed by atoms with Gasteiger partial charge in [0.1, 0.15) is 0 Å². The maximum Gasteiger partial charge on any atom is 0.0598 e. The summed E-state index contributed by atoms with van der Waals surface area (Å²) in [5.74, 6) is 0. The van der Waals surface area contributed by atoms with Gasteiger partial charge in [-0.2, -0.15) is 0 Å². The molecule has 0 aromatic carbocycles. The van der Waals surface area contributed by atoms with E-state index in [0.717, 1.165) is 19.4 Å². The maximum atomic E-state index is 5.80. The van der Waals surface area contributed by atoms with Crippen LogP contribution in [0.1, 0.15) is 68.2 Å². The Morgan fingerprint density at radius 1 is 0.938 bits per heavy atom. The van der Waals surface area contributed by atoms with Crippen LogP contribution in [0.4, 0.5) is 0 Å². The molecule has 0 aliphatic carbocycles. The Bertz CT molecular complexity index is 200. The molecule has 0 radical (unpaired) electrons. The molecule has 16 heavy (non-hydrogen) atoms. The lowest BCUT2D eigenvalue weighted by Gasteiger charge is -2.38. The molecule has 0 aliphatic rings. The molecule has 0 aromatic rings. The highest BCUT2D eigenvalue weighted by Gasteiger charge is 2.27. The van der Waals surface area contributed by atoms with E-state index in [2.05, 4.69) is 60.7 Å². The third kappa shape index (κ3) is 8.12. The molecule has 98 valence electrons. The summed E-state index contributed by atoms with van der Waals surface area (Å²) in [6, 6.07) is 0. The molecule has 1 N–H and O–H groups in total. The van der Waals surface area contributed by atoms with Crippen molar-refractivity contribution in [3.63, 3.8) is 0 Å². The molecule has 1 unspecified atom stereocenters. The lowest BCUT2D eigenvalue weighted by atomic mass is 9.91. The van der Waals surface area contributed by atoms with Crippen LogP contribution < -0.4 is 5.32 Å². The Morgan fingerprint density at radius 3 is 1.75 bits per heavy atom. The van der Waals surface area contributed by atoms with E-state index < -0.39 is 0 Å². The lowest BCUT2D eigenvalue weighted by molar-refractivity contribution is -0.0144. The van der Waals surface area contributed by atoms with Crippen LogP contribution in [0.15, 0.2) is 0 Å². The molecule has 2 nitrogen and oxygen atoms in total. The van der Waals surface area contributed by atoms with Gasteiger partial charge in [-0.25, -0.2) is 0 Å². The van der Waals surface area contributed by atoms with Crippen molar-refractivity contribution in [2.45, 2.75) is 84.9 Å². The number of ether oxygens (including phenoxy) is 1. The normalized spacial score (nSPS) is 17.2. The van der Waals surface area contributed by atoms with Gasteiger partial charge in [0.15, 0.2) is 0 Å². The highest BCUT2D eigenvalue weighted by molar-refractivity contribution is 4.88. The Morgan fingerprint density at radius 2 is 1.44 bits per heavy atom. The molecule has 0 aromatic heterocycles. The predicted molar refractivity (Wildman–Crippen MR) is 71.9 cm³/mol. The van der Waals surface area contributed by atoms with Gasteiger partial charge in [-0.15, -0.1) is 0 Å². The van der Waals surface area contributed by atoms with Gasteiger partial charge in [0.2, 0.25) is 0 Å². The predicted octanol–water partition coefficient (Wildman–Crippen LogP) is 3.75. The summed E-state index contributed by atoms with van der Waals surface area (Å²) in [7, 11) is 0. The minimum Gasteiger partial charge on any atom is -0.376 e. The summed E-state index contributed by atoms with van der Waals surface area (Å²) in [6.07, 6.45) is 2.18. The second-order valence-electron chi connectivity index (χ2n) is 7.00. The molecule has 0 spiro atoms. The van der Waals surface area contributed by atoms with Crippen LogP contribution in [-0.4, -0.2) is 23.3 Å². The zero-order valence-corrected chi connectivity index (χ0v) is 12.5. The number of hydrogen-bond donors (Lipinski definition) is 1. The highest BCUT2D eigenvalue weighted by atomic mass is 16.5. The molecule has 0 fully saturated rings. The van der Waals surface area contributed by atoms with E-state index in [1.165, 1.54) is 0 Å². The minimum atomic E-state index is -0.0314. The average Bonchev–Trinajstić information content (AvgIpc) is 1.98. The van der Waals surface area contributed by atoms with Gasteiger partial charge < -0.3 is 10.1 Å². The highest BCUT2D eigenvalue weighted by Crippen LogP contribution is 2.20. The first-order chi connectivity index (χ1) is 6.97. The molecule has 2 heteroatoms. The van der Waals surface area contributed by atoms with Crippen LogP contribution in [0.2, 0.25) is 0 Å². The van der Waals surface area contributed by atoms with Gasteiger partial charge in [0.25, 0.3) is 0 Å². The molecule has 0 rings (SSSR count). The monoisotopic (exact) mass is 229 g/mol. The fourth-order valence-corrected chi connectivity index (χ4v) is 1.82. The minimum absolute atomic E-state index is 0.0314. The zero-order chi connectivity index (χ0) is 13.0. The van der Waals surface area contributed by atoms with Gasteiger partial charge in [0, 0.05) is 17.7 Å². The largest absolute Gasteiger partial charge is 0.376 e. The van der Waals surface area contributed by atoms with Gasteiger partial charge in [-0.1, -0.05) is 6.92 Å². The molecular formula is C14H31NO. The second kappa shape index (κ2) is 5.50. The van der Waals surface area contributed by atoms with Crippen LogP contribution in [-0.2, 0) is 4.74 Å². The summed E-state index contributed by atoms with van der Waals surface area (Å²) >= 11 is 0. The average molecular weight is 229 g/mol. The fourth-order valence-electron chi connectivity index (χ4n) is 1.82. The van der Waals surface area contributed by atoms with Crippen LogP contribution in [0.3, 0.4) is 0 Å². The topological polar surface area (TPSA) is 21.3 Å². The van der Waals surface area contributed by atoms with Crippen molar-refractivity contribution in [2.75, 3.05) is 6.61 Å². The molecule has 0 aliphatic heterocycles. The van der Waals surface area contributed by atoms with Crippen molar-refractivity contribution in [1.29, 1.82) is 0 Å². The number of rotatable bonds is 5. The number of hydrogen-bond acceptors (Lipinski definition) is 2. The van der Waals surface area contributed by atoms with Crippen LogP contribution in [0, 0.1) is 0 Å². The molecule has 0 saturated carbocycles. The second-order valence-corrected chi connectivity index (χ2v) is 7.00. The zero-order valence-electron chi connectivity index (χ0n) is 12.5. The molecule has 0 saturated heterocycles. The summed E-state index contributed by atoms with van der Waals surface area (Å²) in [6.45, 7) is 18.3. The van der Waals surface area contributed by atoms with E-state index >= 15 is 0 Å². The Kier molecular flexibility index (Phi) is 5.48. The van der Waals surface area contributed by atoms with Crippen molar-refractivity contribution >= 4 is 0 Å². The van der Waals surface area contributed by atoms with Gasteiger partial charge in [0.05, 0.1) is 5.60 Å². The Balaban J connectivity index is 4.18. The first-order valence-electron chi connectivity index (χ1n) is 6.41. The van der Waals surface area contributed by atoms with Crippen LogP contribution in [0.5, 0.6) is 0 Å². The quantitative estimate of drug-likeness (QED) is 0.775. The van der Waals surface area contributed by atoms with E-state index in [1.807, 2.05) is 0 Å². The van der Waals surface area contributed by atoms with Gasteiger partial charge >= 0.3 is 0 Å². The smallest absolute Gasteiger partial charge is 0.0598 e. The van der Waals surface area contributed by atoms with E-state index in [4.69, 9.17) is 4.74 Å². The van der Waals surface area contributed by atoms with Crippen LogP contribution in [0.25, 0.3) is 0 Å². The summed E-state index contributed by atoms with van der Waals surface area (Å²) < 4.78 is 5.80. The lowest BCUT2D eigenvalue weighted by Crippen LogP contribution is -2.52. The van der Waals surface area contributed by atoms with Crippen molar-refractivity contribution in [1.82, 2.24) is 5.32 Å². The standard InChI is InChI=1S/C14H31NO/c1-9-14(8,15-12(2,3)4)10-11-16-13(5,6)7/h15H,9-11H2,1-8H3.